The minimum atomic E-state index is -0.189. The third kappa shape index (κ3) is 4.03. The summed E-state index contributed by atoms with van der Waals surface area (Å²) in [6.07, 6.45) is 4.31. The average Bonchev–Trinajstić information content (AvgIpc) is 3.13. The molecule has 1 aromatic rings. The van der Waals surface area contributed by atoms with E-state index in [9.17, 15) is 4.79 Å². The van der Waals surface area contributed by atoms with E-state index in [4.69, 9.17) is 0 Å². The Bertz CT molecular complexity index is 435. The lowest BCUT2D eigenvalue weighted by molar-refractivity contribution is 0.255. The van der Waals surface area contributed by atoms with Crippen LogP contribution in [-0.2, 0) is 0 Å². The second-order valence-corrected chi connectivity index (χ2v) is 5.51. The minimum Gasteiger partial charge on any atom is -0.314 e. The number of nitrogens with one attached hydrogen (secondary N) is 2. The third-order valence-corrected chi connectivity index (χ3v) is 3.47. The van der Waals surface area contributed by atoms with Gasteiger partial charge in [0, 0.05) is 15.5 Å². The van der Waals surface area contributed by atoms with Crippen molar-refractivity contribution >= 4 is 34.3 Å². The molecule has 1 aliphatic rings. The first-order chi connectivity index (χ1) is 8.15. The number of carbonyl (C=O) groups excluding carboxylic acids is 1. The third-order valence-electron chi connectivity index (χ3n) is 2.75. The first-order valence-corrected chi connectivity index (χ1v) is 6.73. The first-order valence-electron chi connectivity index (χ1n) is 5.65. The van der Waals surface area contributed by atoms with Crippen LogP contribution in [0.2, 0.25) is 0 Å². The van der Waals surface area contributed by atoms with Gasteiger partial charge in [0.05, 0.1) is 0 Å². The van der Waals surface area contributed by atoms with Gasteiger partial charge >= 0.3 is 6.03 Å². The van der Waals surface area contributed by atoms with E-state index < -0.39 is 0 Å². The smallest absolute Gasteiger partial charge is 0.314 e. The Kier molecular flexibility index (Phi) is 4.04. The fourth-order valence-electron chi connectivity index (χ4n) is 1.54. The summed E-state index contributed by atoms with van der Waals surface area (Å²) in [5, 5.41) is 5.54. The van der Waals surface area contributed by atoms with Crippen molar-refractivity contribution in [1.82, 2.24) is 5.32 Å². The van der Waals surface area contributed by atoms with Gasteiger partial charge in [-0.25, -0.2) is 4.79 Å². The standard InChI is InChI=1S/C13H15IN2O/c1-9(10-2-3-10)8-15-13(17)16-12-6-4-11(14)5-7-12/h4-8,10H,2-3H2,1H3,(H2,15,16,17)/b9-8+. The van der Waals surface area contributed by atoms with Crippen LogP contribution in [0.5, 0.6) is 0 Å². The van der Waals surface area contributed by atoms with E-state index in [0.29, 0.717) is 5.92 Å². The highest BCUT2D eigenvalue weighted by Gasteiger charge is 2.22. The van der Waals surface area contributed by atoms with E-state index in [-0.39, 0.29) is 6.03 Å². The summed E-state index contributed by atoms with van der Waals surface area (Å²) >= 11 is 2.23. The first kappa shape index (κ1) is 12.4. The second-order valence-electron chi connectivity index (χ2n) is 4.27. The van der Waals surface area contributed by atoms with Crippen molar-refractivity contribution in [2.75, 3.05) is 5.32 Å². The molecule has 2 N–H and O–H groups in total. The van der Waals surface area contributed by atoms with Gasteiger partial charge in [0.25, 0.3) is 0 Å². The van der Waals surface area contributed by atoms with Gasteiger partial charge in [-0.1, -0.05) is 5.57 Å². The number of benzene rings is 1. The predicted octanol–water partition coefficient (Wildman–Crippen LogP) is 3.73. The van der Waals surface area contributed by atoms with E-state index in [1.807, 2.05) is 24.3 Å². The van der Waals surface area contributed by atoms with Crippen molar-refractivity contribution < 1.29 is 4.79 Å². The number of rotatable bonds is 3. The van der Waals surface area contributed by atoms with Crippen LogP contribution in [-0.4, -0.2) is 6.03 Å². The maximum Gasteiger partial charge on any atom is 0.323 e. The van der Waals surface area contributed by atoms with Crippen LogP contribution < -0.4 is 10.6 Å². The summed E-state index contributed by atoms with van der Waals surface area (Å²) in [5.41, 5.74) is 2.06. The van der Waals surface area contributed by atoms with Gasteiger partial charge < -0.3 is 10.6 Å². The van der Waals surface area contributed by atoms with E-state index in [0.717, 1.165) is 9.26 Å². The zero-order valence-corrected chi connectivity index (χ0v) is 11.8. The molecule has 90 valence electrons. The average molecular weight is 342 g/mol. The fraction of sp³-hybridized carbons (Fsp3) is 0.308. The Hall–Kier alpha value is -1.04. The molecule has 1 fully saturated rings. The molecule has 1 aliphatic carbocycles. The maximum atomic E-state index is 11.6. The highest BCUT2D eigenvalue weighted by atomic mass is 127. The summed E-state index contributed by atoms with van der Waals surface area (Å²) in [5.74, 6) is 0.689. The topological polar surface area (TPSA) is 41.1 Å². The van der Waals surface area contributed by atoms with E-state index in [1.165, 1.54) is 18.4 Å². The Morgan fingerprint density at radius 2 is 2.00 bits per heavy atom. The lowest BCUT2D eigenvalue weighted by Crippen LogP contribution is -2.24. The molecule has 0 bridgehead atoms. The summed E-state index contributed by atoms with van der Waals surface area (Å²) in [6.45, 7) is 2.06. The molecule has 2 rings (SSSR count). The molecule has 0 spiro atoms. The summed E-state index contributed by atoms with van der Waals surface area (Å²) in [4.78, 5) is 11.6. The number of hydrogen-bond acceptors (Lipinski definition) is 1. The predicted molar refractivity (Wildman–Crippen MR) is 77.8 cm³/mol. The normalized spacial score (nSPS) is 15.5. The van der Waals surface area contributed by atoms with Gasteiger partial charge in [0.2, 0.25) is 0 Å². The van der Waals surface area contributed by atoms with Crippen molar-refractivity contribution in [3.05, 3.63) is 39.6 Å². The minimum absolute atomic E-state index is 0.189. The quantitative estimate of drug-likeness (QED) is 0.808. The maximum absolute atomic E-state index is 11.6. The number of urea groups is 1. The lowest BCUT2D eigenvalue weighted by atomic mass is 10.2. The molecule has 0 aliphatic heterocycles. The summed E-state index contributed by atoms with van der Waals surface area (Å²) in [7, 11) is 0. The van der Waals surface area contributed by atoms with Crippen molar-refractivity contribution in [2.24, 2.45) is 5.92 Å². The van der Waals surface area contributed by atoms with Gasteiger partial charge in [0.1, 0.15) is 0 Å². The van der Waals surface area contributed by atoms with Crippen LogP contribution in [0.4, 0.5) is 10.5 Å². The molecule has 0 atom stereocenters. The zero-order chi connectivity index (χ0) is 12.3. The Balaban J connectivity index is 1.84. The van der Waals surface area contributed by atoms with Crippen LogP contribution in [0.25, 0.3) is 0 Å². The second kappa shape index (κ2) is 5.53. The molecule has 17 heavy (non-hydrogen) atoms. The molecular weight excluding hydrogens is 327 g/mol. The molecule has 0 aromatic heterocycles. The molecule has 1 saturated carbocycles. The van der Waals surface area contributed by atoms with Crippen LogP contribution in [0.15, 0.2) is 36.0 Å². The summed E-state index contributed by atoms with van der Waals surface area (Å²) in [6, 6.07) is 7.51. The van der Waals surface area contributed by atoms with Crippen molar-refractivity contribution in [2.45, 2.75) is 19.8 Å². The van der Waals surface area contributed by atoms with Gasteiger partial charge in [-0.2, -0.15) is 0 Å². The molecule has 0 unspecified atom stereocenters. The van der Waals surface area contributed by atoms with Crippen LogP contribution in [0.3, 0.4) is 0 Å². The van der Waals surface area contributed by atoms with Crippen LogP contribution >= 0.6 is 22.6 Å². The van der Waals surface area contributed by atoms with Gasteiger partial charge in [0.15, 0.2) is 0 Å². The molecule has 4 heteroatoms. The van der Waals surface area contributed by atoms with Crippen LogP contribution in [0.1, 0.15) is 19.8 Å². The van der Waals surface area contributed by atoms with Gasteiger partial charge in [-0.05, 0) is 72.5 Å². The molecule has 0 heterocycles. The Labute approximate surface area is 115 Å². The molecule has 2 amide bonds. The fourth-order valence-corrected chi connectivity index (χ4v) is 1.90. The van der Waals surface area contributed by atoms with E-state index in [1.54, 1.807) is 6.20 Å². The number of halogens is 1. The SMILES string of the molecule is C/C(=C\NC(=O)Nc1ccc(I)cc1)C1CC1. The zero-order valence-electron chi connectivity index (χ0n) is 9.66. The van der Waals surface area contributed by atoms with Crippen molar-refractivity contribution in [1.29, 1.82) is 0 Å². The Morgan fingerprint density at radius 1 is 1.35 bits per heavy atom. The van der Waals surface area contributed by atoms with Gasteiger partial charge in [-0.3, -0.25) is 0 Å². The molecular formula is C13H15IN2O. The highest BCUT2D eigenvalue weighted by molar-refractivity contribution is 14.1. The largest absolute Gasteiger partial charge is 0.323 e. The molecule has 0 saturated heterocycles. The van der Waals surface area contributed by atoms with E-state index in [2.05, 4.69) is 40.1 Å². The number of allylic oxidation sites excluding steroid dienone is 1. The van der Waals surface area contributed by atoms with Crippen molar-refractivity contribution in [3.8, 4) is 0 Å². The number of hydrogen-bond donors (Lipinski definition) is 2. The Morgan fingerprint density at radius 3 is 2.59 bits per heavy atom. The summed E-state index contributed by atoms with van der Waals surface area (Å²) < 4.78 is 1.15. The van der Waals surface area contributed by atoms with E-state index >= 15 is 0 Å². The van der Waals surface area contributed by atoms with Gasteiger partial charge in [-0.15, -0.1) is 0 Å². The van der Waals surface area contributed by atoms with Crippen molar-refractivity contribution in [3.63, 3.8) is 0 Å². The highest BCUT2D eigenvalue weighted by Crippen LogP contribution is 2.35. The lowest BCUT2D eigenvalue weighted by Gasteiger charge is -2.05. The monoisotopic (exact) mass is 342 g/mol. The van der Waals surface area contributed by atoms with Crippen LogP contribution in [0, 0.1) is 9.49 Å². The molecule has 1 aromatic carbocycles. The number of anilines is 1. The number of amides is 2. The molecule has 0 radical (unpaired) electrons. The molecule has 3 nitrogen and oxygen atoms in total. The number of carbonyl (C=O) groups is 1.